The monoisotopic (exact) mass is 875 g/mol. The zero-order valence-corrected chi connectivity index (χ0v) is 34.8. The van der Waals surface area contributed by atoms with Gasteiger partial charge in [0.1, 0.15) is 0 Å². The van der Waals surface area contributed by atoms with Crippen LogP contribution in [0.15, 0.2) is 54.4 Å². The Kier molecular flexibility index (Phi) is 13.1. The number of carbonyl (C=O) groups excluding carboxylic acids is 1. The molecule has 4 nitrogen and oxygen atoms in total. The number of ether oxygens (including phenoxy) is 1. The minimum Gasteiger partial charge on any atom is 0 e. The topological polar surface area (TPSA) is 59.4 Å². The number of nitrogens with zero attached hydrogens (tertiary/aromatic N) is 1. The van der Waals surface area contributed by atoms with Gasteiger partial charge < -0.3 is 5.11 Å². The number of rotatable bonds is 9. The minimum atomic E-state index is -1.93. The predicted octanol–water partition coefficient (Wildman–Crippen LogP) is 11.3. The molecule has 3 aromatic carbocycles. The molecule has 0 atom stereocenters. The molecule has 0 saturated heterocycles. The Morgan fingerprint density at radius 2 is 1.62 bits per heavy atom. The molecule has 255 valence electrons. The molecule has 0 unspecified atom stereocenters. The minimum absolute atomic E-state index is 0. The number of aromatic nitrogens is 1. The molecule has 1 N–H and O–H groups in total. The molecular weight excluding hydrogens is 819 g/mol. The van der Waals surface area contributed by atoms with Gasteiger partial charge in [0.2, 0.25) is 0 Å². The predicted molar refractivity (Wildman–Crippen MR) is 198 cm³/mol. The van der Waals surface area contributed by atoms with E-state index in [0.29, 0.717) is 0 Å². The van der Waals surface area contributed by atoms with E-state index in [9.17, 15) is 9.90 Å². The van der Waals surface area contributed by atoms with Crippen LogP contribution in [0.1, 0.15) is 85.3 Å². The van der Waals surface area contributed by atoms with Gasteiger partial charge in [0.05, 0.1) is 5.76 Å². The third kappa shape index (κ3) is 8.96. The van der Waals surface area contributed by atoms with E-state index in [1.807, 2.05) is 33.9 Å². The Balaban J connectivity index is 0.000000322. The Hall–Kier alpha value is -2.47. The number of fused-ring (bicyclic) bond motifs is 3. The van der Waals surface area contributed by atoms with Crippen molar-refractivity contribution >= 4 is 45.0 Å². The smallest absolute Gasteiger partial charge is 0 e. The maximum Gasteiger partial charge on any atom is 0 e. The zero-order valence-electron chi connectivity index (χ0n) is 30.4. The summed E-state index contributed by atoms with van der Waals surface area (Å²) in [6.45, 7) is 17.1. The van der Waals surface area contributed by atoms with E-state index in [4.69, 9.17) is 9.72 Å². The van der Waals surface area contributed by atoms with Crippen LogP contribution in [0.3, 0.4) is 0 Å². The Labute approximate surface area is 299 Å². The van der Waals surface area contributed by atoms with Gasteiger partial charge in [-0.2, -0.15) is 0 Å². The van der Waals surface area contributed by atoms with E-state index >= 15 is 0 Å². The maximum absolute atomic E-state index is 11.7. The number of aliphatic hydroxyl groups excluding tert-OH is 1. The molecule has 0 bridgehead atoms. The number of hydrogen-bond donors (Lipinski definition) is 1. The number of ketones is 1. The van der Waals surface area contributed by atoms with Gasteiger partial charge in [-0.15, -0.1) is 0 Å². The van der Waals surface area contributed by atoms with Crippen LogP contribution in [-0.4, -0.2) is 29.1 Å². The fourth-order valence-electron chi connectivity index (χ4n) is 6.45. The molecule has 47 heavy (non-hydrogen) atoms. The number of aryl methyl sites for hydroxylation is 1. The number of hydrogen-bond acceptors (Lipinski definition) is 4. The van der Waals surface area contributed by atoms with Crippen molar-refractivity contribution < 1.29 is 34.7 Å². The van der Waals surface area contributed by atoms with Crippen LogP contribution in [0.25, 0.3) is 32.8 Å². The van der Waals surface area contributed by atoms with E-state index in [1.54, 1.807) is 0 Å². The second kappa shape index (κ2) is 15.8. The van der Waals surface area contributed by atoms with Crippen molar-refractivity contribution in [2.24, 2.45) is 17.3 Å². The van der Waals surface area contributed by atoms with Crippen molar-refractivity contribution in [2.45, 2.75) is 105 Å². The first-order valence-corrected chi connectivity index (χ1v) is 24.5. The molecule has 0 aliphatic carbocycles. The van der Waals surface area contributed by atoms with Crippen LogP contribution in [-0.2, 0) is 31.3 Å². The second-order valence-electron chi connectivity index (χ2n) is 15.2. The van der Waals surface area contributed by atoms with Crippen LogP contribution in [0.4, 0.5) is 0 Å². The van der Waals surface area contributed by atoms with Gasteiger partial charge in [-0.1, -0.05) is 48.5 Å². The molecule has 1 aliphatic rings. The zero-order chi connectivity index (χ0) is 34.0. The summed E-state index contributed by atoms with van der Waals surface area (Å²) in [5.74, 6) is 9.67. The Morgan fingerprint density at radius 1 is 0.979 bits per heavy atom. The third-order valence-corrected chi connectivity index (χ3v) is 13.6. The normalized spacial score (nSPS) is 12.8. The van der Waals surface area contributed by atoms with Gasteiger partial charge in [-0.25, -0.2) is 0 Å². The standard InChI is InChI=1S/C28H30GeNO.C13H24O2.Ir/c1-17-22-9-8-21(29(5,6)7)14-20(22)15-23-26-25-19(10-11-30-26)12-18(16-28(2,3)4)13-24(25)31-27(17)23;1-5-10(6-2)12(14)9-13(15)11(7-3)8-4;/h8-14H,16H2,1-7H3;9-11,14H,5-8H2,1-4H3;/q-1;;/b;12-9-;. The number of carbonyl (C=O) groups is 1. The van der Waals surface area contributed by atoms with Crippen molar-refractivity contribution in [3.8, 4) is 22.8 Å². The average molecular weight is 874 g/mol. The molecule has 0 saturated carbocycles. The number of benzene rings is 3. The molecule has 0 spiro atoms. The molecule has 2 heterocycles. The second-order valence-corrected chi connectivity index (χ2v) is 25.8. The summed E-state index contributed by atoms with van der Waals surface area (Å²) in [6, 6.07) is 17.2. The molecule has 1 aromatic heterocycles. The van der Waals surface area contributed by atoms with E-state index < -0.39 is 13.3 Å². The Morgan fingerprint density at radius 3 is 2.19 bits per heavy atom. The van der Waals surface area contributed by atoms with Crippen molar-refractivity contribution in [3.63, 3.8) is 0 Å². The summed E-state index contributed by atoms with van der Waals surface area (Å²) >= 11 is -1.93. The summed E-state index contributed by atoms with van der Waals surface area (Å²) in [5.41, 5.74) is 4.67. The third-order valence-electron chi connectivity index (χ3n) is 9.27. The van der Waals surface area contributed by atoms with E-state index in [2.05, 4.69) is 87.4 Å². The van der Waals surface area contributed by atoms with Crippen LogP contribution in [0.2, 0.25) is 17.3 Å². The van der Waals surface area contributed by atoms with Gasteiger partial charge in [-0.05, 0) is 25.7 Å². The summed E-state index contributed by atoms with van der Waals surface area (Å²) in [7, 11) is 0. The van der Waals surface area contributed by atoms with E-state index in [-0.39, 0.29) is 48.9 Å². The summed E-state index contributed by atoms with van der Waals surface area (Å²) < 4.78 is 8.08. The molecule has 1 radical (unpaired) electrons. The first kappa shape index (κ1) is 39.0. The maximum atomic E-state index is 11.7. The van der Waals surface area contributed by atoms with E-state index in [1.165, 1.54) is 37.8 Å². The fraction of sp³-hybridized carbons (Fsp3) is 0.463. The first-order chi connectivity index (χ1) is 21.6. The molecule has 0 amide bonds. The van der Waals surface area contributed by atoms with Crippen molar-refractivity contribution in [2.75, 3.05) is 0 Å². The summed E-state index contributed by atoms with van der Waals surface area (Å²) in [4.78, 5) is 16.5. The van der Waals surface area contributed by atoms with E-state index in [0.717, 1.165) is 60.2 Å². The first-order valence-electron chi connectivity index (χ1n) is 17.2. The van der Waals surface area contributed by atoms with Gasteiger partial charge in [-0.3, -0.25) is 4.79 Å². The van der Waals surface area contributed by atoms with Crippen LogP contribution in [0.5, 0.6) is 11.5 Å². The van der Waals surface area contributed by atoms with Crippen LogP contribution >= 0.6 is 0 Å². The number of pyridine rings is 1. The van der Waals surface area contributed by atoms with Gasteiger partial charge in [0, 0.05) is 38.0 Å². The molecule has 6 heteroatoms. The van der Waals surface area contributed by atoms with Crippen LogP contribution < -0.4 is 9.13 Å². The molecule has 0 fully saturated rings. The van der Waals surface area contributed by atoms with Gasteiger partial charge >= 0.3 is 168 Å². The largest absolute Gasteiger partial charge is 0 e. The van der Waals surface area contributed by atoms with Gasteiger partial charge in [0.25, 0.3) is 0 Å². The Bertz CT molecular complexity index is 1760. The SMILES string of the molecule is CCC(CC)C(=O)/C=C(\O)C(CC)CC.Cc1c2c([c-]c3c[c]([Ge]([CH3])([CH3])[CH3])ccc13)-c1nccc3cc(CC(C)(C)C)cc(c13)O2.[Ir]. The van der Waals surface area contributed by atoms with Crippen LogP contribution in [0, 0.1) is 30.2 Å². The average Bonchev–Trinajstić information content (AvgIpc) is 2.98. The number of aliphatic hydroxyl groups is 1. The van der Waals surface area contributed by atoms with Gasteiger partial charge in [0.15, 0.2) is 5.78 Å². The molecular formula is C41H54GeIrNO3-. The molecule has 5 rings (SSSR count). The van der Waals surface area contributed by atoms with Crippen molar-refractivity contribution in [1.82, 2.24) is 4.98 Å². The fourth-order valence-corrected chi connectivity index (χ4v) is 8.88. The summed E-state index contributed by atoms with van der Waals surface area (Å²) in [5, 5.41) is 14.4. The quantitative estimate of drug-likeness (QED) is 0.0694. The molecule has 1 aliphatic heterocycles. The number of allylic oxidation sites excluding steroid dienone is 2. The summed E-state index contributed by atoms with van der Waals surface area (Å²) in [6.07, 6.45) is 7.84. The van der Waals surface area contributed by atoms with Crippen molar-refractivity contribution in [1.29, 1.82) is 0 Å². The molecule has 4 aromatic rings. The van der Waals surface area contributed by atoms with Crippen molar-refractivity contribution in [3.05, 3.63) is 71.6 Å².